The Kier molecular flexibility index (Phi) is 4.79. The number of ether oxygens (including phenoxy) is 2. The van der Waals surface area contributed by atoms with Crippen LogP contribution in [0.15, 0.2) is 24.3 Å². The largest absolute Gasteiger partial charge is 0.494 e. The zero-order valence-electron chi connectivity index (χ0n) is 9.60. The SMILES string of the molecule is CCOc1ccc(COC(=O)C(C)N)cc1. The zero-order chi connectivity index (χ0) is 12.0. The molecule has 1 aromatic carbocycles. The molecule has 0 aliphatic carbocycles. The minimum absolute atomic E-state index is 0.243. The number of esters is 1. The predicted octanol–water partition coefficient (Wildman–Crippen LogP) is 1.48. The van der Waals surface area contributed by atoms with Gasteiger partial charge in [-0.1, -0.05) is 12.1 Å². The van der Waals surface area contributed by atoms with Gasteiger partial charge in [-0.15, -0.1) is 0 Å². The van der Waals surface area contributed by atoms with Crippen LogP contribution in [-0.4, -0.2) is 18.6 Å². The summed E-state index contributed by atoms with van der Waals surface area (Å²) in [5.74, 6) is 0.415. The average molecular weight is 223 g/mol. The molecule has 0 bridgehead atoms. The Morgan fingerprint density at radius 1 is 1.38 bits per heavy atom. The molecule has 2 N–H and O–H groups in total. The van der Waals surface area contributed by atoms with Crippen LogP contribution in [-0.2, 0) is 16.1 Å². The van der Waals surface area contributed by atoms with Crippen LogP contribution in [0.2, 0.25) is 0 Å². The molecule has 0 saturated heterocycles. The molecule has 0 radical (unpaired) electrons. The highest BCUT2D eigenvalue weighted by Crippen LogP contribution is 2.12. The summed E-state index contributed by atoms with van der Waals surface area (Å²) in [5, 5.41) is 0. The fourth-order valence-electron chi connectivity index (χ4n) is 1.13. The number of benzene rings is 1. The fraction of sp³-hybridized carbons (Fsp3) is 0.417. The van der Waals surface area contributed by atoms with Gasteiger partial charge in [-0.25, -0.2) is 0 Å². The summed E-state index contributed by atoms with van der Waals surface area (Å²) in [5.41, 5.74) is 6.28. The third kappa shape index (κ3) is 3.90. The normalized spacial score (nSPS) is 11.9. The Hall–Kier alpha value is -1.55. The second kappa shape index (κ2) is 6.12. The Balaban J connectivity index is 2.46. The van der Waals surface area contributed by atoms with Gasteiger partial charge in [-0.05, 0) is 31.5 Å². The summed E-state index contributed by atoms with van der Waals surface area (Å²) in [6, 6.07) is 6.83. The molecule has 0 amide bonds. The lowest BCUT2D eigenvalue weighted by Crippen LogP contribution is -2.28. The van der Waals surface area contributed by atoms with Gasteiger partial charge in [0.05, 0.1) is 6.61 Å². The molecule has 4 heteroatoms. The van der Waals surface area contributed by atoms with Crippen LogP contribution >= 0.6 is 0 Å². The van der Waals surface area contributed by atoms with Crippen LogP contribution < -0.4 is 10.5 Å². The Bertz CT molecular complexity index is 333. The average Bonchev–Trinajstić information content (AvgIpc) is 2.28. The van der Waals surface area contributed by atoms with E-state index in [1.807, 2.05) is 31.2 Å². The van der Waals surface area contributed by atoms with Crippen molar-refractivity contribution >= 4 is 5.97 Å². The first kappa shape index (κ1) is 12.5. The summed E-state index contributed by atoms with van der Waals surface area (Å²) in [7, 11) is 0. The number of hydrogen-bond donors (Lipinski definition) is 1. The minimum Gasteiger partial charge on any atom is -0.494 e. The van der Waals surface area contributed by atoms with Crippen molar-refractivity contribution < 1.29 is 14.3 Å². The van der Waals surface area contributed by atoms with Gasteiger partial charge < -0.3 is 15.2 Å². The lowest BCUT2D eigenvalue weighted by atomic mass is 10.2. The van der Waals surface area contributed by atoms with Crippen molar-refractivity contribution in [3.63, 3.8) is 0 Å². The number of carbonyl (C=O) groups is 1. The first-order valence-corrected chi connectivity index (χ1v) is 5.27. The van der Waals surface area contributed by atoms with E-state index in [4.69, 9.17) is 15.2 Å². The van der Waals surface area contributed by atoms with Crippen molar-refractivity contribution in [2.45, 2.75) is 26.5 Å². The molecule has 1 unspecified atom stereocenters. The Morgan fingerprint density at radius 3 is 2.50 bits per heavy atom. The Labute approximate surface area is 95.3 Å². The van der Waals surface area contributed by atoms with Gasteiger partial charge in [-0.3, -0.25) is 4.79 Å². The van der Waals surface area contributed by atoms with Crippen molar-refractivity contribution in [3.05, 3.63) is 29.8 Å². The van der Waals surface area contributed by atoms with Crippen LogP contribution in [0.5, 0.6) is 5.75 Å². The number of nitrogens with two attached hydrogens (primary N) is 1. The van der Waals surface area contributed by atoms with Crippen LogP contribution in [0.1, 0.15) is 19.4 Å². The second-order valence-corrected chi connectivity index (χ2v) is 3.47. The van der Waals surface area contributed by atoms with Crippen LogP contribution in [0.25, 0.3) is 0 Å². The van der Waals surface area contributed by atoms with E-state index < -0.39 is 12.0 Å². The molecule has 0 aromatic heterocycles. The number of rotatable bonds is 5. The molecule has 0 heterocycles. The van der Waals surface area contributed by atoms with Crippen molar-refractivity contribution in [3.8, 4) is 5.75 Å². The smallest absolute Gasteiger partial charge is 0.322 e. The van der Waals surface area contributed by atoms with Gasteiger partial charge >= 0.3 is 5.97 Å². The topological polar surface area (TPSA) is 61.5 Å². The van der Waals surface area contributed by atoms with Crippen molar-refractivity contribution in [2.75, 3.05) is 6.61 Å². The maximum absolute atomic E-state index is 11.1. The standard InChI is InChI=1S/C12H17NO3/c1-3-15-11-6-4-10(5-7-11)8-16-12(14)9(2)13/h4-7,9H,3,8,13H2,1-2H3. The second-order valence-electron chi connectivity index (χ2n) is 3.47. The summed E-state index contributed by atoms with van der Waals surface area (Å²) in [6.07, 6.45) is 0. The van der Waals surface area contributed by atoms with Gasteiger partial charge in [0.25, 0.3) is 0 Å². The summed E-state index contributed by atoms with van der Waals surface area (Å²) >= 11 is 0. The molecule has 16 heavy (non-hydrogen) atoms. The van der Waals surface area contributed by atoms with E-state index in [1.165, 1.54) is 0 Å². The lowest BCUT2D eigenvalue weighted by Gasteiger charge is -2.08. The van der Waals surface area contributed by atoms with Crippen LogP contribution in [0.3, 0.4) is 0 Å². The molecule has 0 aliphatic heterocycles. The summed E-state index contributed by atoms with van der Waals surface area (Å²) < 4.78 is 10.3. The van der Waals surface area contributed by atoms with E-state index in [2.05, 4.69) is 0 Å². The Morgan fingerprint density at radius 2 is 2.00 bits per heavy atom. The van der Waals surface area contributed by atoms with E-state index in [0.29, 0.717) is 6.61 Å². The molecule has 88 valence electrons. The molecule has 0 spiro atoms. The lowest BCUT2D eigenvalue weighted by molar-refractivity contribution is -0.146. The summed E-state index contributed by atoms with van der Waals surface area (Å²) in [6.45, 7) is 4.41. The highest BCUT2D eigenvalue weighted by atomic mass is 16.5. The molecule has 4 nitrogen and oxygen atoms in total. The van der Waals surface area contributed by atoms with E-state index in [9.17, 15) is 4.79 Å². The molecule has 1 atom stereocenters. The molecule has 1 rings (SSSR count). The van der Waals surface area contributed by atoms with Gasteiger partial charge in [0.2, 0.25) is 0 Å². The molecule has 0 fully saturated rings. The quantitative estimate of drug-likeness (QED) is 0.768. The van der Waals surface area contributed by atoms with Crippen molar-refractivity contribution in [2.24, 2.45) is 5.73 Å². The highest BCUT2D eigenvalue weighted by molar-refractivity contribution is 5.74. The number of hydrogen-bond acceptors (Lipinski definition) is 4. The van der Waals surface area contributed by atoms with E-state index in [-0.39, 0.29) is 6.61 Å². The van der Waals surface area contributed by atoms with Gasteiger partial charge in [0, 0.05) is 0 Å². The van der Waals surface area contributed by atoms with E-state index >= 15 is 0 Å². The zero-order valence-corrected chi connectivity index (χ0v) is 9.60. The maximum Gasteiger partial charge on any atom is 0.322 e. The molecular weight excluding hydrogens is 206 g/mol. The van der Waals surface area contributed by atoms with Crippen molar-refractivity contribution in [1.29, 1.82) is 0 Å². The third-order valence-corrected chi connectivity index (χ3v) is 1.99. The molecule has 1 aromatic rings. The van der Waals surface area contributed by atoms with Crippen LogP contribution in [0, 0.1) is 0 Å². The molecule has 0 aliphatic rings. The third-order valence-electron chi connectivity index (χ3n) is 1.99. The van der Waals surface area contributed by atoms with E-state index in [0.717, 1.165) is 11.3 Å². The first-order chi connectivity index (χ1) is 7.63. The van der Waals surface area contributed by atoms with Crippen molar-refractivity contribution in [1.82, 2.24) is 0 Å². The highest BCUT2D eigenvalue weighted by Gasteiger charge is 2.08. The molecule has 0 saturated carbocycles. The maximum atomic E-state index is 11.1. The fourth-order valence-corrected chi connectivity index (χ4v) is 1.13. The van der Waals surface area contributed by atoms with Gasteiger partial charge in [0.15, 0.2) is 0 Å². The van der Waals surface area contributed by atoms with Gasteiger partial charge in [-0.2, -0.15) is 0 Å². The summed E-state index contributed by atoms with van der Waals surface area (Å²) in [4.78, 5) is 11.1. The monoisotopic (exact) mass is 223 g/mol. The van der Waals surface area contributed by atoms with Crippen LogP contribution in [0.4, 0.5) is 0 Å². The first-order valence-electron chi connectivity index (χ1n) is 5.27. The minimum atomic E-state index is -0.581. The predicted molar refractivity (Wildman–Crippen MR) is 61.1 cm³/mol. The number of carbonyl (C=O) groups excluding carboxylic acids is 1. The van der Waals surface area contributed by atoms with E-state index in [1.54, 1.807) is 6.92 Å². The van der Waals surface area contributed by atoms with Gasteiger partial charge in [0.1, 0.15) is 18.4 Å². The molecular formula is C12H17NO3.